The molecule has 2 aliphatic heterocycles. The van der Waals surface area contributed by atoms with Crippen molar-refractivity contribution >= 4 is 33.1 Å². The number of benzene rings is 2. The largest absolute Gasteiger partial charge is 0.496 e. The molecule has 10 rings (SSSR count). The third-order valence-corrected chi connectivity index (χ3v) is 12.2. The molecule has 0 bridgehead atoms. The Morgan fingerprint density at radius 2 is 1.98 bits per heavy atom. The van der Waals surface area contributed by atoms with Crippen LogP contribution in [0.3, 0.4) is 0 Å². The first-order chi connectivity index (χ1) is 24.4. The van der Waals surface area contributed by atoms with Gasteiger partial charge in [0.25, 0.3) is 11.8 Å². The van der Waals surface area contributed by atoms with Gasteiger partial charge in [-0.2, -0.15) is 0 Å². The maximum Gasteiger partial charge on any atom is 0.434 e. The third kappa shape index (κ3) is 4.27. The molecule has 6 heterocycles. The van der Waals surface area contributed by atoms with E-state index in [9.17, 15) is 14.0 Å². The number of thiophene rings is 1. The number of anilines is 1. The van der Waals surface area contributed by atoms with Gasteiger partial charge in [0.05, 0.1) is 45.9 Å². The zero-order chi connectivity index (χ0) is 33.7. The molecular weight excluding hydrogens is 656 g/mol. The molecule has 6 aromatic rings. The van der Waals surface area contributed by atoms with Crippen LogP contribution in [0.4, 0.5) is 10.2 Å². The Labute approximate surface area is 289 Å². The number of piperidine rings is 1. The van der Waals surface area contributed by atoms with E-state index in [0.717, 1.165) is 63.5 Å². The summed E-state index contributed by atoms with van der Waals surface area (Å²) in [6, 6.07) is 16.7. The molecule has 1 saturated heterocycles. The number of aryl methyl sites for hydroxylation is 2. The fourth-order valence-corrected chi connectivity index (χ4v) is 9.86. The summed E-state index contributed by atoms with van der Waals surface area (Å²) in [6.45, 7) is 0.690. The lowest BCUT2D eigenvalue weighted by Crippen LogP contribution is -2.30. The minimum absolute atomic E-state index is 0.0443. The van der Waals surface area contributed by atoms with Gasteiger partial charge in [0.1, 0.15) is 17.4 Å². The summed E-state index contributed by atoms with van der Waals surface area (Å²) in [5.74, 6) is 1.10. The molecule has 2 aromatic carbocycles. The molecule has 2 fully saturated rings. The van der Waals surface area contributed by atoms with E-state index in [-0.39, 0.29) is 23.7 Å². The van der Waals surface area contributed by atoms with Gasteiger partial charge in [-0.25, -0.2) is 19.3 Å². The second-order valence-electron chi connectivity index (χ2n) is 13.6. The van der Waals surface area contributed by atoms with Gasteiger partial charge in [-0.1, -0.05) is 24.3 Å². The zero-order valence-corrected chi connectivity index (χ0v) is 27.9. The van der Waals surface area contributed by atoms with Gasteiger partial charge in [-0.3, -0.25) is 9.78 Å². The number of methoxy groups -OCH3 is 1. The van der Waals surface area contributed by atoms with Crippen LogP contribution in [-0.2, 0) is 24.8 Å². The number of nitrogens with one attached hydrogen (secondary N) is 2. The number of fused-ring (bicyclic) bond motifs is 3. The van der Waals surface area contributed by atoms with Crippen LogP contribution in [0.5, 0.6) is 5.75 Å². The molecule has 1 amide bonds. The minimum atomic E-state index is -0.691. The van der Waals surface area contributed by atoms with Gasteiger partial charge < -0.3 is 19.4 Å². The summed E-state index contributed by atoms with van der Waals surface area (Å²) >= 11 is 1.55. The Kier molecular flexibility index (Phi) is 6.39. The minimum Gasteiger partial charge on any atom is -0.496 e. The van der Waals surface area contributed by atoms with Crippen molar-refractivity contribution in [1.29, 1.82) is 0 Å². The second-order valence-corrected chi connectivity index (χ2v) is 14.7. The monoisotopic (exact) mass is 686 g/mol. The number of carbonyl (C=O) groups excluding carboxylic acids is 1. The Morgan fingerprint density at radius 1 is 1.10 bits per heavy atom. The summed E-state index contributed by atoms with van der Waals surface area (Å²) in [7, 11) is 1.70. The number of aromatic nitrogens is 4. The highest BCUT2D eigenvalue weighted by Crippen LogP contribution is 2.67. The summed E-state index contributed by atoms with van der Waals surface area (Å²) in [4.78, 5) is 39.7. The van der Waals surface area contributed by atoms with Gasteiger partial charge >= 0.3 is 5.76 Å². The lowest BCUT2D eigenvalue weighted by molar-refractivity contribution is 0.0738. The van der Waals surface area contributed by atoms with Crippen molar-refractivity contribution in [2.75, 3.05) is 19.0 Å². The average Bonchev–Trinajstić information content (AvgIpc) is 3.68. The number of nitrogens with zero attached hydrogens (tertiary/aromatic N) is 4. The number of carbonyl (C=O) groups is 1. The molecule has 250 valence electrons. The predicted molar refractivity (Wildman–Crippen MR) is 186 cm³/mol. The molecule has 4 aliphatic rings. The van der Waals surface area contributed by atoms with Crippen molar-refractivity contribution in [3.63, 3.8) is 0 Å². The molecule has 0 radical (unpaired) electrons. The zero-order valence-electron chi connectivity index (χ0n) is 27.1. The number of pyridine rings is 2. The number of ether oxygens (including phenoxy) is 1. The van der Waals surface area contributed by atoms with Crippen LogP contribution >= 0.6 is 11.3 Å². The Balaban J connectivity index is 1.15. The molecule has 10 nitrogen and oxygen atoms in total. The van der Waals surface area contributed by atoms with E-state index < -0.39 is 11.3 Å². The molecule has 12 heteroatoms. The van der Waals surface area contributed by atoms with E-state index in [1.807, 2.05) is 23.1 Å². The van der Waals surface area contributed by atoms with E-state index in [1.165, 1.54) is 23.3 Å². The highest BCUT2D eigenvalue weighted by atomic mass is 32.1. The Bertz CT molecular complexity index is 2440. The topological polar surface area (TPSA) is 126 Å². The first kappa shape index (κ1) is 29.5. The van der Waals surface area contributed by atoms with Crippen molar-refractivity contribution in [3.8, 4) is 27.6 Å². The van der Waals surface area contributed by atoms with Crippen LogP contribution in [0.25, 0.3) is 32.0 Å². The maximum absolute atomic E-state index is 14.4. The van der Waals surface area contributed by atoms with Crippen LogP contribution < -0.4 is 15.8 Å². The molecule has 2 N–H and O–H groups in total. The quantitative estimate of drug-likeness (QED) is 0.179. The normalized spacial score (nSPS) is 21.3. The van der Waals surface area contributed by atoms with Gasteiger partial charge in [0.15, 0.2) is 0 Å². The van der Waals surface area contributed by atoms with Gasteiger partial charge in [0.2, 0.25) is 0 Å². The number of aromatic amines is 1. The first-order valence-electron chi connectivity index (χ1n) is 16.9. The molecule has 4 aromatic heterocycles. The molecule has 50 heavy (non-hydrogen) atoms. The van der Waals surface area contributed by atoms with Crippen LogP contribution in [0.15, 0.2) is 70.0 Å². The van der Waals surface area contributed by atoms with Crippen molar-refractivity contribution in [2.24, 2.45) is 5.92 Å². The van der Waals surface area contributed by atoms with Crippen molar-refractivity contribution < 1.29 is 18.3 Å². The van der Waals surface area contributed by atoms with E-state index in [2.05, 4.69) is 27.6 Å². The third-order valence-electron chi connectivity index (χ3n) is 11.1. The molecular formula is C38H31FN6O4S. The van der Waals surface area contributed by atoms with Crippen molar-refractivity contribution in [3.05, 3.63) is 111 Å². The fraction of sp³-hybridized carbons (Fsp3) is 0.289. The molecule has 3 atom stereocenters. The number of rotatable bonds is 8. The van der Waals surface area contributed by atoms with Gasteiger partial charge in [-0.05, 0) is 96.9 Å². The molecule has 2 unspecified atom stereocenters. The number of amides is 1. The number of hydrogen-bond donors (Lipinski definition) is 2. The highest BCUT2D eigenvalue weighted by Gasteiger charge is 2.70. The van der Waals surface area contributed by atoms with E-state index in [4.69, 9.17) is 19.1 Å². The van der Waals surface area contributed by atoms with Gasteiger partial charge in [0, 0.05) is 23.2 Å². The fourth-order valence-electron chi connectivity index (χ4n) is 8.69. The summed E-state index contributed by atoms with van der Waals surface area (Å²) in [6.07, 6.45) is 6.52. The standard InChI is InChI=1S/C38H31FN6O4S/c1-48-27-4-2-3-23-24(27)10-12-25(23)42-34-32-20(13-15-40-34)17-28(50-32)30-29(35-43-44-37(47)49-35)26(11-7-19-5-8-22(39)9-6-19)41-33-31(30)36(46)45-16-14-21-18-38(21,33)45/h2-6,8-9,13,15,17,21,25H,7,10-12,14,16,18H2,1H3,(H,40,42)(H,44,47)/t21?,25-,38?/m0/s1. The van der Waals surface area contributed by atoms with E-state index in [1.54, 1.807) is 36.8 Å². The van der Waals surface area contributed by atoms with Crippen LogP contribution in [0.1, 0.15) is 63.7 Å². The lowest BCUT2D eigenvalue weighted by atomic mass is 9.92. The van der Waals surface area contributed by atoms with Crippen molar-refractivity contribution in [1.82, 2.24) is 25.1 Å². The maximum atomic E-state index is 14.4. The van der Waals surface area contributed by atoms with E-state index >= 15 is 0 Å². The predicted octanol–water partition coefficient (Wildman–Crippen LogP) is 6.81. The smallest absolute Gasteiger partial charge is 0.434 e. The summed E-state index contributed by atoms with van der Waals surface area (Å²) < 4.78 is 26.0. The number of halogens is 1. The Hall–Kier alpha value is -5.36. The van der Waals surface area contributed by atoms with Crippen LogP contribution in [-0.4, -0.2) is 44.6 Å². The summed E-state index contributed by atoms with van der Waals surface area (Å²) in [5.41, 5.74) is 6.24. The molecule has 2 aliphatic carbocycles. The molecule has 1 spiro atoms. The highest BCUT2D eigenvalue weighted by molar-refractivity contribution is 7.23. The first-order valence-corrected chi connectivity index (χ1v) is 17.8. The lowest BCUT2D eigenvalue weighted by Gasteiger charge is -2.19. The van der Waals surface area contributed by atoms with Crippen molar-refractivity contribution in [2.45, 2.75) is 50.1 Å². The Morgan fingerprint density at radius 3 is 2.78 bits per heavy atom. The summed E-state index contributed by atoms with van der Waals surface area (Å²) in [5, 5.41) is 11.4. The average molecular weight is 687 g/mol. The SMILES string of the molecule is COc1cccc2c1CC[C@@H]2Nc1nccc2cc(-c3c4c(nc(CCc5ccc(F)cc5)c3-c3n[nH]c(=O)o3)C35CC3CCN5C4=O)sc12. The number of hydrogen-bond acceptors (Lipinski definition) is 9. The van der Waals surface area contributed by atoms with Crippen LogP contribution in [0, 0.1) is 11.7 Å². The van der Waals surface area contributed by atoms with Crippen LogP contribution in [0.2, 0.25) is 0 Å². The number of H-pyrrole nitrogens is 1. The van der Waals surface area contributed by atoms with Gasteiger partial charge in [-0.15, -0.1) is 16.4 Å². The second kappa shape index (κ2) is 10.8. The molecule has 1 saturated carbocycles. The van der Waals surface area contributed by atoms with E-state index in [0.29, 0.717) is 47.7 Å².